The maximum absolute atomic E-state index is 5.80. The third-order valence-electron chi connectivity index (χ3n) is 5.67. The smallest absolute Gasteiger partial charge is 0.232 e. The Morgan fingerprint density at radius 2 is 1.12 bits per heavy atom. The van der Waals surface area contributed by atoms with Gasteiger partial charge in [0, 0.05) is 24.7 Å². The first-order valence-electron chi connectivity index (χ1n) is 6.57. The van der Waals surface area contributed by atoms with Gasteiger partial charge in [-0.05, 0) is 25.7 Å². The monoisotopic (exact) mass is 222 g/mol. The molecule has 0 N–H and O–H groups in total. The van der Waals surface area contributed by atoms with Crippen LogP contribution < -0.4 is 0 Å². The third-order valence-corrected chi connectivity index (χ3v) is 5.67. The van der Waals surface area contributed by atoms with E-state index in [1.807, 2.05) is 0 Å². The quantitative estimate of drug-likeness (QED) is 0.631. The number of hydrogen-bond acceptors (Lipinski definition) is 4. The average molecular weight is 222 g/mol. The zero-order valence-corrected chi connectivity index (χ0v) is 9.03. The summed E-state index contributed by atoms with van der Waals surface area (Å²) in [6.45, 7) is 0. The highest BCUT2D eigenvalue weighted by Crippen LogP contribution is 2.83. The Balaban J connectivity index is 1.40. The molecule has 2 saturated carbocycles. The molecule has 4 nitrogen and oxygen atoms in total. The van der Waals surface area contributed by atoms with Crippen LogP contribution >= 0.6 is 0 Å². The fourth-order valence-electron chi connectivity index (χ4n) is 4.73. The van der Waals surface area contributed by atoms with Gasteiger partial charge in [-0.15, -0.1) is 0 Å². The minimum absolute atomic E-state index is 0.142. The Bertz CT molecular complexity index is 379. The van der Waals surface area contributed by atoms with Crippen molar-refractivity contribution in [1.82, 2.24) is 0 Å². The van der Waals surface area contributed by atoms with Crippen LogP contribution in [0.4, 0.5) is 0 Å². The zero-order chi connectivity index (χ0) is 10.2. The van der Waals surface area contributed by atoms with Crippen molar-refractivity contribution in [3.05, 3.63) is 0 Å². The predicted molar refractivity (Wildman–Crippen MR) is 49.9 cm³/mol. The fourth-order valence-corrected chi connectivity index (χ4v) is 4.73. The van der Waals surface area contributed by atoms with E-state index in [1.54, 1.807) is 0 Å². The first-order chi connectivity index (χ1) is 7.76. The second-order valence-electron chi connectivity index (χ2n) is 6.25. The van der Waals surface area contributed by atoms with E-state index in [-0.39, 0.29) is 23.1 Å². The lowest BCUT2D eigenvalue weighted by molar-refractivity contribution is -0.150. The highest BCUT2D eigenvalue weighted by Gasteiger charge is 3.00. The van der Waals surface area contributed by atoms with Crippen LogP contribution in [0.5, 0.6) is 0 Å². The van der Waals surface area contributed by atoms with E-state index >= 15 is 0 Å². The van der Waals surface area contributed by atoms with Gasteiger partial charge in [-0.1, -0.05) is 0 Å². The second kappa shape index (κ2) is 1.79. The molecule has 0 aromatic heterocycles. The van der Waals surface area contributed by atoms with Crippen LogP contribution in [-0.4, -0.2) is 23.1 Å². The molecule has 6 aliphatic rings. The largest absolute Gasteiger partial charge is 0.307 e. The summed E-state index contributed by atoms with van der Waals surface area (Å²) < 4.78 is 23.2. The van der Waals surface area contributed by atoms with Crippen LogP contribution in [0.1, 0.15) is 38.5 Å². The Morgan fingerprint density at radius 3 is 1.56 bits per heavy atom. The lowest BCUT2D eigenvalue weighted by Crippen LogP contribution is -2.34. The Morgan fingerprint density at radius 1 is 0.688 bits per heavy atom. The summed E-state index contributed by atoms with van der Waals surface area (Å²) in [5, 5.41) is 0. The molecule has 4 saturated heterocycles. The highest BCUT2D eigenvalue weighted by atomic mass is 17.1. The zero-order valence-electron chi connectivity index (χ0n) is 9.03. The molecule has 4 aliphatic heterocycles. The molecule has 0 bridgehead atoms. The molecule has 86 valence electrons. The molecule has 6 rings (SSSR count). The van der Waals surface area contributed by atoms with Crippen molar-refractivity contribution in [2.24, 2.45) is 11.8 Å². The molecule has 0 radical (unpaired) electrons. The summed E-state index contributed by atoms with van der Waals surface area (Å²) >= 11 is 0. The summed E-state index contributed by atoms with van der Waals surface area (Å²) in [5.41, 5.74) is 0. The summed E-state index contributed by atoms with van der Waals surface area (Å²) in [5.74, 6) is 0.376. The maximum Gasteiger partial charge on any atom is 0.232 e. The summed E-state index contributed by atoms with van der Waals surface area (Å²) in [4.78, 5) is 0. The fraction of sp³-hybridized carbons (Fsp3) is 1.00. The summed E-state index contributed by atoms with van der Waals surface area (Å²) in [6.07, 6.45) is 7.08. The van der Waals surface area contributed by atoms with E-state index < -0.39 is 0 Å². The number of hydrogen-bond donors (Lipinski definition) is 0. The van der Waals surface area contributed by atoms with Crippen molar-refractivity contribution in [2.45, 2.75) is 61.7 Å². The van der Waals surface area contributed by atoms with Gasteiger partial charge in [0.25, 0.3) is 0 Å². The molecule has 16 heavy (non-hydrogen) atoms. The van der Waals surface area contributed by atoms with Crippen molar-refractivity contribution in [1.29, 1.82) is 0 Å². The highest BCUT2D eigenvalue weighted by molar-refractivity contribution is 5.30. The molecular formula is C12H14O4. The molecule has 4 heteroatoms. The van der Waals surface area contributed by atoms with Crippen molar-refractivity contribution >= 4 is 0 Å². The average Bonchev–Trinajstić information content (AvgIpc) is 3.04. The van der Waals surface area contributed by atoms with Crippen LogP contribution in [0.15, 0.2) is 0 Å². The van der Waals surface area contributed by atoms with Crippen molar-refractivity contribution < 1.29 is 18.9 Å². The maximum atomic E-state index is 5.80. The minimum atomic E-state index is -0.189. The van der Waals surface area contributed by atoms with Crippen LogP contribution in [0, 0.1) is 11.8 Å². The number of epoxide rings is 4. The van der Waals surface area contributed by atoms with E-state index in [0.717, 1.165) is 12.8 Å². The predicted octanol–water partition coefficient (Wildman–Crippen LogP) is 1.49. The molecule has 2 aliphatic carbocycles. The van der Waals surface area contributed by atoms with Gasteiger partial charge in [-0.2, -0.15) is 0 Å². The van der Waals surface area contributed by atoms with Crippen molar-refractivity contribution in [3.8, 4) is 0 Å². The van der Waals surface area contributed by atoms with Gasteiger partial charge in [0.1, 0.15) is 0 Å². The molecule has 4 heterocycles. The lowest BCUT2D eigenvalue weighted by Gasteiger charge is -2.27. The van der Waals surface area contributed by atoms with Crippen LogP contribution in [0.3, 0.4) is 0 Å². The SMILES string of the molecule is C1CC(C2CCCC34OC23O4)C23OC2(C1)O3. The molecule has 0 spiro atoms. The Labute approximate surface area is 93.2 Å². The van der Waals surface area contributed by atoms with Gasteiger partial charge >= 0.3 is 0 Å². The summed E-state index contributed by atoms with van der Waals surface area (Å²) in [7, 11) is 0. The van der Waals surface area contributed by atoms with Gasteiger partial charge < -0.3 is 18.9 Å². The first kappa shape index (κ1) is 8.03. The number of ether oxygens (including phenoxy) is 4. The molecule has 0 aromatic rings. The topological polar surface area (TPSA) is 50.1 Å². The van der Waals surface area contributed by atoms with Crippen LogP contribution in [-0.2, 0) is 18.9 Å². The molecule has 6 fully saturated rings. The Kier molecular flexibility index (Phi) is 0.899. The van der Waals surface area contributed by atoms with Gasteiger partial charge in [-0.25, -0.2) is 0 Å². The first-order valence-corrected chi connectivity index (χ1v) is 6.57. The van der Waals surface area contributed by atoms with Gasteiger partial charge in [0.15, 0.2) is 0 Å². The second-order valence-corrected chi connectivity index (χ2v) is 6.25. The van der Waals surface area contributed by atoms with E-state index in [4.69, 9.17) is 18.9 Å². The standard InChI is InChI=1S/C12H14O4/c1-3-7(11-9(5-1,13-11)14-11)8-4-2-6-10-12(8,15-10)16-10/h7-8H,1-6H2. The van der Waals surface area contributed by atoms with Gasteiger partial charge in [0.05, 0.1) is 0 Å². The molecule has 0 aromatic carbocycles. The Hall–Kier alpha value is -0.160. The van der Waals surface area contributed by atoms with Gasteiger partial charge in [0.2, 0.25) is 23.1 Å². The van der Waals surface area contributed by atoms with Crippen LogP contribution in [0.2, 0.25) is 0 Å². The normalized spacial score (nSPS) is 76.5. The summed E-state index contributed by atoms with van der Waals surface area (Å²) in [6, 6.07) is 0. The third kappa shape index (κ3) is 0.560. The van der Waals surface area contributed by atoms with Crippen LogP contribution in [0.25, 0.3) is 0 Å². The van der Waals surface area contributed by atoms with E-state index in [1.165, 1.54) is 25.7 Å². The van der Waals surface area contributed by atoms with Gasteiger partial charge in [-0.3, -0.25) is 0 Å². The lowest BCUT2D eigenvalue weighted by atomic mass is 9.73. The van der Waals surface area contributed by atoms with E-state index in [9.17, 15) is 0 Å². The van der Waals surface area contributed by atoms with E-state index in [0.29, 0.717) is 11.8 Å². The molecular weight excluding hydrogens is 208 g/mol. The molecule has 2 atom stereocenters. The molecule has 0 amide bonds. The molecule has 2 unspecified atom stereocenters. The van der Waals surface area contributed by atoms with E-state index in [2.05, 4.69) is 0 Å². The van der Waals surface area contributed by atoms with Crippen molar-refractivity contribution in [2.75, 3.05) is 0 Å². The minimum Gasteiger partial charge on any atom is -0.307 e. The van der Waals surface area contributed by atoms with Crippen molar-refractivity contribution in [3.63, 3.8) is 0 Å². The number of rotatable bonds is 1.